The summed E-state index contributed by atoms with van der Waals surface area (Å²) in [5, 5.41) is 5.50. The number of rotatable bonds is 5. The first-order valence-corrected chi connectivity index (χ1v) is 19.8. The van der Waals surface area contributed by atoms with Gasteiger partial charge in [0.05, 0.1) is 0 Å². The number of hydrogen-bond donors (Lipinski definition) is 0. The van der Waals surface area contributed by atoms with Gasteiger partial charge in [-0.3, -0.25) is 0 Å². The molecule has 9 rings (SSSR count). The summed E-state index contributed by atoms with van der Waals surface area (Å²) in [6.45, 7) is 4.93. The summed E-state index contributed by atoms with van der Waals surface area (Å²) >= 11 is 0. The number of fused-ring (bicyclic) bond motifs is 4. The molecule has 0 fully saturated rings. The Hall–Kier alpha value is -5.97. The van der Waals surface area contributed by atoms with E-state index in [0.717, 1.165) is 22.3 Å². The van der Waals surface area contributed by atoms with E-state index in [1.807, 2.05) is 30.3 Å². The lowest BCUT2D eigenvalue weighted by Crippen LogP contribution is -2.49. The third-order valence-electron chi connectivity index (χ3n) is 9.95. The smallest absolute Gasteiger partial charge is 0.164 e. The van der Waals surface area contributed by atoms with Crippen molar-refractivity contribution >= 4 is 29.2 Å². The van der Waals surface area contributed by atoms with E-state index in [1.165, 1.54) is 49.0 Å². The Morgan fingerprint density at radius 1 is 0.347 bits per heavy atom. The molecule has 0 amide bonds. The van der Waals surface area contributed by atoms with Gasteiger partial charge in [-0.15, -0.1) is 0 Å². The van der Waals surface area contributed by atoms with Crippen molar-refractivity contribution < 1.29 is 0 Å². The van der Waals surface area contributed by atoms with Crippen LogP contribution in [-0.4, -0.2) is 23.0 Å². The van der Waals surface area contributed by atoms with Crippen LogP contribution in [0.25, 0.3) is 78.3 Å². The van der Waals surface area contributed by atoms with Gasteiger partial charge in [-0.25, -0.2) is 15.0 Å². The molecule has 0 atom stereocenters. The van der Waals surface area contributed by atoms with Gasteiger partial charge in [0.2, 0.25) is 0 Å². The van der Waals surface area contributed by atoms with Crippen molar-refractivity contribution in [2.24, 2.45) is 0 Å². The molecule has 0 bridgehead atoms. The molecule has 0 aliphatic carbocycles. The molecule has 0 spiro atoms. The highest BCUT2D eigenvalue weighted by Gasteiger charge is 2.38. The Morgan fingerprint density at radius 2 is 0.837 bits per heavy atom. The summed E-state index contributed by atoms with van der Waals surface area (Å²) in [4.78, 5) is 15.0. The van der Waals surface area contributed by atoms with Gasteiger partial charge in [-0.1, -0.05) is 171 Å². The zero-order valence-electron chi connectivity index (χ0n) is 27.4. The first kappa shape index (κ1) is 29.2. The number of aromatic nitrogens is 3. The van der Waals surface area contributed by atoms with Crippen LogP contribution in [0.3, 0.4) is 0 Å². The van der Waals surface area contributed by atoms with Crippen molar-refractivity contribution in [1.82, 2.24) is 15.0 Å². The molecule has 2 heterocycles. The van der Waals surface area contributed by atoms with Crippen LogP contribution >= 0.6 is 0 Å². The second-order valence-corrected chi connectivity index (χ2v) is 17.6. The molecule has 0 N–H and O–H groups in total. The molecule has 49 heavy (non-hydrogen) atoms. The molecule has 8 aromatic rings. The Labute approximate surface area is 287 Å². The lowest BCUT2D eigenvalue weighted by atomic mass is 9.94. The third-order valence-corrected chi connectivity index (χ3v) is 13.5. The average molecular weight is 644 g/mol. The minimum atomic E-state index is -1.75. The van der Waals surface area contributed by atoms with Crippen LogP contribution in [-0.2, 0) is 0 Å². The first-order valence-electron chi connectivity index (χ1n) is 16.8. The normalized spacial score (nSPS) is 12.9. The van der Waals surface area contributed by atoms with Crippen LogP contribution in [0.2, 0.25) is 13.1 Å². The number of benzene rings is 7. The second-order valence-electron chi connectivity index (χ2n) is 13.3. The van der Waals surface area contributed by atoms with Gasteiger partial charge in [0, 0.05) is 16.7 Å². The molecule has 232 valence electrons. The molecular formula is C45H33N3Si. The van der Waals surface area contributed by atoms with Gasteiger partial charge in [0.25, 0.3) is 0 Å². The first-order chi connectivity index (χ1) is 24.0. The third kappa shape index (κ3) is 5.09. The largest absolute Gasteiger partial charge is 0.208 e. The van der Waals surface area contributed by atoms with Gasteiger partial charge in [0.1, 0.15) is 8.07 Å². The fraction of sp³-hybridized carbons (Fsp3) is 0.0444. The van der Waals surface area contributed by atoms with E-state index in [4.69, 9.17) is 15.0 Å². The van der Waals surface area contributed by atoms with Crippen molar-refractivity contribution in [3.8, 4) is 67.5 Å². The van der Waals surface area contributed by atoms with Gasteiger partial charge in [0.15, 0.2) is 17.5 Å². The molecule has 0 saturated carbocycles. The Bertz CT molecular complexity index is 2500. The average Bonchev–Trinajstić information content (AvgIpc) is 3.41. The van der Waals surface area contributed by atoms with Crippen molar-refractivity contribution in [3.05, 3.63) is 164 Å². The fourth-order valence-corrected chi connectivity index (χ4v) is 10.4. The van der Waals surface area contributed by atoms with E-state index in [0.29, 0.717) is 17.5 Å². The molecule has 7 aromatic carbocycles. The maximum absolute atomic E-state index is 5.04. The zero-order valence-corrected chi connectivity index (χ0v) is 28.4. The Morgan fingerprint density at radius 3 is 1.53 bits per heavy atom. The molecule has 0 saturated heterocycles. The van der Waals surface area contributed by atoms with Crippen LogP contribution in [0.1, 0.15) is 0 Å². The standard InChI is InChI=1S/C45H33N3Si/c1-49(2)40-17-9-8-15-39(40)42-38(16-10-18-41(42)49)32-22-26-35(27-23-32)45-47-43(33-12-4-3-5-13-33)46-44(48-45)34-24-19-31(20-25-34)37-28-21-30-11-6-7-14-36(30)29-37/h3-29H,1-2H3. The van der Waals surface area contributed by atoms with Crippen molar-refractivity contribution in [3.63, 3.8) is 0 Å². The minimum absolute atomic E-state index is 0.655. The highest BCUT2D eigenvalue weighted by molar-refractivity contribution is 7.04. The fourth-order valence-electron chi connectivity index (χ4n) is 7.33. The SMILES string of the molecule is C[Si]1(C)c2ccccc2-c2c(-c3ccc(-c4nc(-c5ccccc5)nc(-c5ccc(-c6ccc7ccccc7c6)cc5)n4)cc3)cccc21. The molecule has 1 aliphatic rings. The number of nitrogens with zero attached hydrogens (tertiary/aromatic N) is 3. The van der Waals surface area contributed by atoms with Gasteiger partial charge in [-0.05, 0) is 60.6 Å². The summed E-state index contributed by atoms with van der Waals surface area (Å²) < 4.78 is 0. The second kappa shape index (κ2) is 11.6. The molecule has 1 aliphatic heterocycles. The van der Waals surface area contributed by atoms with Crippen molar-refractivity contribution in [2.45, 2.75) is 13.1 Å². The Balaban J connectivity index is 1.10. The molecule has 0 radical (unpaired) electrons. The predicted molar refractivity (Wildman–Crippen MR) is 207 cm³/mol. The van der Waals surface area contributed by atoms with Gasteiger partial charge >= 0.3 is 0 Å². The summed E-state index contributed by atoms with van der Waals surface area (Å²) in [5.41, 5.74) is 10.5. The van der Waals surface area contributed by atoms with Gasteiger partial charge < -0.3 is 0 Å². The molecule has 3 nitrogen and oxygen atoms in total. The highest BCUT2D eigenvalue weighted by atomic mass is 28.3. The summed E-state index contributed by atoms with van der Waals surface area (Å²) in [6, 6.07) is 58.3. The summed E-state index contributed by atoms with van der Waals surface area (Å²) in [7, 11) is -1.75. The number of hydrogen-bond acceptors (Lipinski definition) is 3. The highest BCUT2D eigenvalue weighted by Crippen LogP contribution is 2.37. The molecule has 1 aromatic heterocycles. The molecule has 4 heteroatoms. The lowest BCUT2D eigenvalue weighted by Gasteiger charge is -2.19. The van der Waals surface area contributed by atoms with E-state index >= 15 is 0 Å². The quantitative estimate of drug-likeness (QED) is 0.175. The summed E-state index contributed by atoms with van der Waals surface area (Å²) in [6.07, 6.45) is 0. The van der Waals surface area contributed by atoms with E-state index in [9.17, 15) is 0 Å². The summed E-state index contributed by atoms with van der Waals surface area (Å²) in [5.74, 6) is 1.97. The zero-order chi connectivity index (χ0) is 33.0. The van der Waals surface area contributed by atoms with Crippen LogP contribution in [0.5, 0.6) is 0 Å². The lowest BCUT2D eigenvalue weighted by molar-refractivity contribution is 1.07. The molecular weight excluding hydrogens is 611 g/mol. The van der Waals surface area contributed by atoms with Crippen LogP contribution in [0.4, 0.5) is 0 Å². The van der Waals surface area contributed by atoms with Crippen LogP contribution < -0.4 is 10.4 Å². The van der Waals surface area contributed by atoms with E-state index in [-0.39, 0.29) is 0 Å². The van der Waals surface area contributed by atoms with E-state index in [1.54, 1.807) is 0 Å². The monoisotopic (exact) mass is 643 g/mol. The van der Waals surface area contributed by atoms with Gasteiger partial charge in [-0.2, -0.15) is 0 Å². The Kier molecular flexibility index (Phi) is 6.92. The minimum Gasteiger partial charge on any atom is -0.208 e. The molecule has 0 unspecified atom stereocenters. The van der Waals surface area contributed by atoms with Crippen LogP contribution in [0.15, 0.2) is 164 Å². The van der Waals surface area contributed by atoms with E-state index < -0.39 is 8.07 Å². The van der Waals surface area contributed by atoms with Crippen molar-refractivity contribution in [2.75, 3.05) is 0 Å². The maximum atomic E-state index is 5.04. The van der Waals surface area contributed by atoms with E-state index in [2.05, 4.69) is 147 Å². The topological polar surface area (TPSA) is 38.7 Å². The maximum Gasteiger partial charge on any atom is 0.164 e. The van der Waals surface area contributed by atoms with Crippen LogP contribution in [0, 0.1) is 0 Å². The van der Waals surface area contributed by atoms with Crippen molar-refractivity contribution in [1.29, 1.82) is 0 Å². The predicted octanol–water partition coefficient (Wildman–Crippen LogP) is 10.2.